The SMILES string of the molecule is Clc1ccc(CCCN2CCCC2)cc1. The highest BCUT2D eigenvalue weighted by Gasteiger charge is 2.10. The molecule has 1 saturated heterocycles. The predicted molar refractivity (Wildman–Crippen MR) is 65.4 cm³/mol. The van der Waals surface area contributed by atoms with Crippen LogP contribution < -0.4 is 0 Å². The Bertz CT molecular complexity index is 288. The van der Waals surface area contributed by atoms with Gasteiger partial charge in [0.2, 0.25) is 0 Å². The van der Waals surface area contributed by atoms with Crippen LogP contribution in [0.2, 0.25) is 5.02 Å². The first-order valence-electron chi connectivity index (χ1n) is 5.81. The zero-order valence-corrected chi connectivity index (χ0v) is 9.84. The predicted octanol–water partition coefficient (Wildman–Crippen LogP) is 3.37. The van der Waals surface area contributed by atoms with Crippen molar-refractivity contribution in [2.45, 2.75) is 25.7 Å². The fraction of sp³-hybridized carbons (Fsp3) is 0.538. The van der Waals surface area contributed by atoms with Crippen molar-refractivity contribution in [2.75, 3.05) is 19.6 Å². The maximum Gasteiger partial charge on any atom is 0.0406 e. The molecule has 15 heavy (non-hydrogen) atoms. The van der Waals surface area contributed by atoms with Gasteiger partial charge in [0.25, 0.3) is 0 Å². The smallest absolute Gasteiger partial charge is 0.0406 e. The second-order valence-electron chi connectivity index (χ2n) is 4.28. The van der Waals surface area contributed by atoms with Crippen molar-refractivity contribution in [1.29, 1.82) is 0 Å². The average Bonchev–Trinajstić information content (AvgIpc) is 2.74. The van der Waals surface area contributed by atoms with Crippen molar-refractivity contribution in [3.05, 3.63) is 34.9 Å². The van der Waals surface area contributed by atoms with Gasteiger partial charge in [-0.15, -0.1) is 0 Å². The van der Waals surface area contributed by atoms with E-state index in [0.717, 1.165) is 5.02 Å². The molecule has 0 bridgehead atoms. The van der Waals surface area contributed by atoms with Gasteiger partial charge in [-0.05, 0) is 63.0 Å². The van der Waals surface area contributed by atoms with Gasteiger partial charge in [-0.25, -0.2) is 0 Å². The lowest BCUT2D eigenvalue weighted by molar-refractivity contribution is 0.334. The molecule has 0 unspecified atom stereocenters. The molecule has 1 fully saturated rings. The minimum absolute atomic E-state index is 0.832. The van der Waals surface area contributed by atoms with E-state index in [1.807, 2.05) is 12.1 Å². The Labute approximate surface area is 97.0 Å². The van der Waals surface area contributed by atoms with Crippen molar-refractivity contribution < 1.29 is 0 Å². The molecule has 0 atom stereocenters. The van der Waals surface area contributed by atoms with E-state index in [-0.39, 0.29) is 0 Å². The van der Waals surface area contributed by atoms with Gasteiger partial charge in [-0.1, -0.05) is 23.7 Å². The van der Waals surface area contributed by atoms with E-state index in [2.05, 4.69) is 17.0 Å². The third-order valence-electron chi connectivity index (χ3n) is 3.05. The topological polar surface area (TPSA) is 3.24 Å². The van der Waals surface area contributed by atoms with Crippen LogP contribution in [0.3, 0.4) is 0 Å². The lowest BCUT2D eigenvalue weighted by Crippen LogP contribution is -2.20. The monoisotopic (exact) mass is 223 g/mol. The number of hydrogen-bond donors (Lipinski definition) is 0. The standard InChI is InChI=1S/C13H18ClN/c14-13-7-5-12(6-8-13)4-3-11-15-9-1-2-10-15/h5-8H,1-4,9-11H2. The maximum atomic E-state index is 5.84. The Morgan fingerprint density at radius 1 is 1.07 bits per heavy atom. The number of halogens is 1. The summed E-state index contributed by atoms with van der Waals surface area (Å²) in [6.07, 6.45) is 5.22. The summed E-state index contributed by atoms with van der Waals surface area (Å²) in [7, 11) is 0. The van der Waals surface area contributed by atoms with Crippen LogP contribution in [-0.4, -0.2) is 24.5 Å². The molecular formula is C13H18ClN. The van der Waals surface area contributed by atoms with Gasteiger partial charge in [0.05, 0.1) is 0 Å². The highest BCUT2D eigenvalue weighted by Crippen LogP contribution is 2.12. The quantitative estimate of drug-likeness (QED) is 0.757. The van der Waals surface area contributed by atoms with Crippen LogP contribution in [0.4, 0.5) is 0 Å². The van der Waals surface area contributed by atoms with Gasteiger partial charge in [0.15, 0.2) is 0 Å². The number of hydrogen-bond acceptors (Lipinski definition) is 1. The lowest BCUT2D eigenvalue weighted by Gasteiger charge is -2.13. The van der Waals surface area contributed by atoms with E-state index in [1.165, 1.54) is 50.9 Å². The van der Waals surface area contributed by atoms with Crippen molar-refractivity contribution in [1.82, 2.24) is 4.90 Å². The van der Waals surface area contributed by atoms with Crippen LogP contribution >= 0.6 is 11.6 Å². The molecule has 1 aliphatic heterocycles. The summed E-state index contributed by atoms with van der Waals surface area (Å²) in [6, 6.07) is 8.22. The zero-order valence-electron chi connectivity index (χ0n) is 9.08. The minimum atomic E-state index is 0.832. The Morgan fingerprint density at radius 3 is 2.40 bits per heavy atom. The third-order valence-corrected chi connectivity index (χ3v) is 3.30. The van der Waals surface area contributed by atoms with E-state index in [4.69, 9.17) is 11.6 Å². The fourth-order valence-corrected chi connectivity index (χ4v) is 2.29. The maximum absolute atomic E-state index is 5.84. The summed E-state index contributed by atoms with van der Waals surface area (Å²) in [6.45, 7) is 3.86. The molecular weight excluding hydrogens is 206 g/mol. The largest absolute Gasteiger partial charge is 0.303 e. The van der Waals surface area contributed by atoms with Crippen LogP contribution in [0.1, 0.15) is 24.8 Å². The molecule has 0 aromatic heterocycles. The number of rotatable bonds is 4. The Balaban J connectivity index is 1.71. The molecule has 0 radical (unpaired) electrons. The molecule has 1 nitrogen and oxygen atoms in total. The van der Waals surface area contributed by atoms with Gasteiger partial charge in [-0.2, -0.15) is 0 Å². The van der Waals surface area contributed by atoms with E-state index >= 15 is 0 Å². The summed E-state index contributed by atoms with van der Waals surface area (Å²) in [5.41, 5.74) is 1.40. The summed E-state index contributed by atoms with van der Waals surface area (Å²) in [5.74, 6) is 0. The normalized spacial score (nSPS) is 17.1. The third kappa shape index (κ3) is 3.51. The van der Waals surface area contributed by atoms with Gasteiger partial charge in [0.1, 0.15) is 0 Å². The number of aryl methyl sites for hydroxylation is 1. The summed E-state index contributed by atoms with van der Waals surface area (Å²) in [5, 5.41) is 0.832. The van der Waals surface area contributed by atoms with Crippen molar-refractivity contribution in [3.8, 4) is 0 Å². The first-order valence-corrected chi connectivity index (χ1v) is 6.19. The molecule has 1 aliphatic rings. The van der Waals surface area contributed by atoms with Gasteiger partial charge < -0.3 is 4.90 Å². The molecule has 0 saturated carbocycles. The van der Waals surface area contributed by atoms with Crippen LogP contribution in [0.15, 0.2) is 24.3 Å². The lowest BCUT2D eigenvalue weighted by atomic mass is 10.1. The molecule has 2 rings (SSSR count). The van der Waals surface area contributed by atoms with Gasteiger partial charge in [0, 0.05) is 5.02 Å². The Kier molecular flexibility index (Phi) is 4.04. The average molecular weight is 224 g/mol. The van der Waals surface area contributed by atoms with Crippen molar-refractivity contribution >= 4 is 11.6 Å². The summed E-state index contributed by atoms with van der Waals surface area (Å²) >= 11 is 5.84. The van der Waals surface area contributed by atoms with Crippen molar-refractivity contribution in [2.24, 2.45) is 0 Å². The molecule has 0 spiro atoms. The molecule has 2 heteroatoms. The van der Waals surface area contributed by atoms with E-state index in [9.17, 15) is 0 Å². The summed E-state index contributed by atoms with van der Waals surface area (Å²) < 4.78 is 0. The Hall–Kier alpha value is -0.530. The van der Waals surface area contributed by atoms with Crippen LogP contribution in [0, 0.1) is 0 Å². The minimum Gasteiger partial charge on any atom is -0.303 e. The number of likely N-dealkylation sites (tertiary alicyclic amines) is 1. The molecule has 0 N–H and O–H groups in total. The fourth-order valence-electron chi connectivity index (χ4n) is 2.16. The molecule has 82 valence electrons. The van der Waals surface area contributed by atoms with Gasteiger partial charge in [-0.3, -0.25) is 0 Å². The second kappa shape index (κ2) is 5.53. The number of benzene rings is 1. The van der Waals surface area contributed by atoms with Crippen LogP contribution in [0.25, 0.3) is 0 Å². The first kappa shape index (κ1) is 11.0. The van der Waals surface area contributed by atoms with Crippen molar-refractivity contribution in [3.63, 3.8) is 0 Å². The second-order valence-corrected chi connectivity index (χ2v) is 4.72. The highest BCUT2D eigenvalue weighted by molar-refractivity contribution is 6.30. The van der Waals surface area contributed by atoms with Crippen LogP contribution in [-0.2, 0) is 6.42 Å². The van der Waals surface area contributed by atoms with E-state index in [0.29, 0.717) is 0 Å². The molecule has 0 aliphatic carbocycles. The van der Waals surface area contributed by atoms with E-state index in [1.54, 1.807) is 0 Å². The first-order chi connectivity index (χ1) is 7.34. The van der Waals surface area contributed by atoms with Crippen LogP contribution in [0.5, 0.6) is 0 Å². The zero-order chi connectivity index (χ0) is 10.5. The highest BCUT2D eigenvalue weighted by atomic mass is 35.5. The van der Waals surface area contributed by atoms with Gasteiger partial charge >= 0.3 is 0 Å². The van der Waals surface area contributed by atoms with E-state index < -0.39 is 0 Å². The Morgan fingerprint density at radius 2 is 1.73 bits per heavy atom. The molecule has 0 amide bonds. The summed E-state index contributed by atoms with van der Waals surface area (Å²) in [4.78, 5) is 2.57. The number of nitrogens with zero attached hydrogens (tertiary/aromatic N) is 1. The molecule has 1 heterocycles. The molecule has 1 aromatic rings. The molecule has 1 aromatic carbocycles.